The summed E-state index contributed by atoms with van der Waals surface area (Å²) in [6, 6.07) is 5.93. The number of hydrogen-bond donors (Lipinski definition) is 2. The number of nitrogens with two attached hydrogens (primary N) is 1. The summed E-state index contributed by atoms with van der Waals surface area (Å²) in [5.41, 5.74) is 6.60. The minimum atomic E-state index is 0.344. The first kappa shape index (κ1) is 12.8. The Labute approximate surface area is 101 Å². The maximum atomic E-state index is 6.04. The van der Waals surface area contributed by atoms with Gasteiger partial charge in [0.25, 0.3) is 0 Å². The van der Waals surface area contributed by atoms with E-state index in [0.717, 1.165) is 23.6 Å². The van der Waals surface area contributed by atoms with E-state index in [1.54, 1.807) is 6.07 Å². The van der Waals surface area contributed by atoms with Crippen LogP contribution < -0.4 is 11.1 Å². The van der Waals surface area contributed by atoms with Crippen LogP contribution in [0.2, 0.25) is 10.0 Å². The van der Waals surface area contributed by atoms with Gasteiger partial charge in [0.05, 0.1) is 0 Å². The Hall–Kier alpha value is -0.280. The first-order valence-electron chi connectivity index (χ1n) is 5.01. The Bertz CT molecular complexity index is 315. The maximum Gasteiger partial charge on any atom is 0.0453 e. The summed E-state index contributed by atoms with van der Waals surface area (Å²) < 4.78 is 0. The van der Waals surface area contributed by atoms with E-state index >= 15 is 0 Å². The summed E-state index contributed by atoms with van der Waals surface area (Å²) in [5, 5.41) is 4.71. The van der Waals surface area contributed by atoms with E-state index < -0.39 is 0 Å². The summed E-state index contributed by atoms with van der Waals surface area (Å²) in [4.78, 5) is 0. The number of hydrogen-bond acceptors (Lipinski definition) is 2. The van der Waals surface area contributed by atoms with Crippen molar-refractivity contribution in [2.24, 2.45) is 5.73 Å². The van der Waals surface area contributed by atoms with Crippen LogP contribution in [0.15, 0.2) is 18.2 Å². The molecule has 1 aromatic rings. The molecule has 84 valence electrons. The molecule has 3 N–H and O–H groups in total. The average Bonchev–Trinajstić information content (AvgIpc) is 2.21. The lowest BCUT2D eigenvalue weighted by atomic mass is 10.1. The van der Waals surface area contributed by atoms with Gasteiger partial charge >= 0.3 is 0 Å². The van der Waals surface area contributed by atoms with Crippen molar-refractivity contribution in [2.75, 3.05) is 13.1 Å². The SMILES string of the molecule is CC(CN)NCCc1ccc(Cl)cc1Cl. The van der Waals surface area contributed by atoms with Crippen LogP contribution >= 0.6 is 23.2 Å². The molecule has 0 saturated heterocycles. The fourth-order valence-corrected chi connectivity index (χ4v) is 1.76. The second-order valence-corrected chi connectivity index (χ2v) is 4.42. The Morgan fingerprint density at radius 3 is 2.73 bits per heavy atom. The molecule has 0 fully saturated rings. The van der Waals surface area contributed by atoms with E-state index in [2.05, 4.69) is 12.2 Å². The van der Waals surface area contributed by atoms with Crippen LogP contribution in [0.3, 0.4) is 0 Å². The summed E-state index contributed by atoms with van der Waals surface area (Å²) in [5.74, 6) is 0. The third-order valence-corrected chi connectivity index (χ3v) is 2.84. The van der Waals surface area contributed by atoms with E-state index in [-0.39, 0.29) is 0 Å². The Morgan fingerprint density at radius 1 is 1.40 bits per heavy atom. The van der Waals surface area contributed by atoms with E-state index in [4.69, 9.17) is 28.9 Å². The molecule has 1 aromatic carbocycles. The van der Waals surface area contributed by atoms with Gasteiger partial charge in [0, 0.05) is 22.6 Å². The second kappa shape index (κ2) is 6.33. The highest BCUT2D eigenvalue weighted by Gasteiger charge is 2.02. The minimum absolute atomic E-state index is 0.344. The van der Waals surface area contributed by atoms with Crippen molar-refractivity contribution < 1.29 is 0 Å². The highest BCUT2D eigenvalue weighted by Crippen LogP contribution is 2.20. The van der Waals surface area contributed by atoms with Gasteiger partial charge in [0.15, 0.2) is 0 Å². The number of halogens is 2. The lowest BCUT2D eigenvalue weighted by Gasteiger charge is -2.11. The van der Waals surface area contributed by atoms with E-state index in [1.807, 2.05) is 12.1 Å². The first-order valence-corrected chi connectivity index (χ1v) is 5.76. The zero-order chi connectivity index (χ0) is 11.3. The highest BCUT2D eigenvalue weighted by atomic mass is 35.5. The Kier molecular flexibility index (Phi) is 5.40. The molecule has 0 amide bonds. The molecule has 0 aromatic heterocycles. The van der Waals surface area contributed by atoms with Crippen LogP contribution in [0, 0.1) is 0 Å². The largest absolute Gasteiger partial charge is 0.329 e. The molecule has 0 bridgehead atoms. The average molecular weight is 247 g/mol. The Morgan fingerprint density at radius 2 is 2.13 bits per heavy atom. The molecular formula is C11H16Cl2N2. The number of rotatable bonds is 5. The van der Waals surface area contributed by atoms with Gasteiger partial charge in [-0.05, 0) is 37.6 Å². The molecule has 0 aliphatic heterocycles. The second-order valence-electron chi connectivity index (χ2n) is 3.58. The summed E-state index contributed by atoms with van der Waals surface area (Å²) >= 11 is 11.8. The summed E-state index contributed by atoms with van der Waals surface area (Å²) in [7, 11) is 0. The number of nitrogens with one attached hydrogen (secondary N) is 1. The van der Waals surface area contributed by atoms with Gasteiger partial charge in [-0.1, -0.05) is 29.3 Å². The van der Waals surface area contributed by atoms with Crippen LogP contribution in [0.25, 0.3) is 0 Å². The quantitative estimate of drug-likeness (QED) is 0.838. The van der Waals surface area contributed by atoms with Gasteiger partial charge in [0.2, 0.25) is 0 Å². The minimum Gasteiger partial charge on any atom is -0.329 e. The van der Waals surface area contributed by atoms with Crippen molar-refractivity contribution in [3.63, 3.8) is 0 Å². The van der Waals surface area contributed by atoms with Crippen molar-refractivity contribution in [3.05, 3.63) is 33.8 Å². The van der Waals surface area contributed by atoms with Crippen LogP contribution in [-0.2, 0) is 6.42 Å². The van der Waals surface area contributed by atoms with Gasteiger partial charge < -0.3 is 11.1 Å². The lowest BCUT2D eigenvalue weighted by molar-refractivity contribution is 0.559. The topological polar surface area (TPSA) is 38.0 Å². The van der Waals surface area contributed by atoms with Gasteiger partial charge in [-0.25, -0.2) is 0 Å². The molecule has 2 nitrogen and oxygen atoms in total. The Balaban J connectivity index is 2.44. The zero-order valence-corrected chi connectivity index (χ0v) is 10.3. The molecule has 0 saturated carbocycles. The van der Waals surface area contributed by atoms with Crippen LogP contribution in [0.5, 0.6) is 0 Å². The molecule has 0 spiro atoms. The van der Waals surface area contributed by atoms with Crippen molar-refractivity contribution in [1.29, 1.82) is 0 Å². The van der Waals surface area contributed by atoms with Gasteiger partial charge in [-0.2, -0.15) is 0 Å². The van der Waals surface area contributed by atoms with Gasteiger partial charge in [-0.3, -0.25) is 0 Å². The van der Waals surface area contributed by atoms with Crippen molar-refractivity contribution in [1.82, 2.24) is 5.32 Å². The molecule has 15 heavy (non-hydrogen) atoms. The normalized spacial score (nSPS) is 12.8. The summed E-state index contributed by atoms with van der Waals surface area (Å²) in [6.07, 6.45) is 0.889. The standard InChI is InChI=1S/C11H16Cl2N2/c1-8(7-14)15-5-4-9-2-3-10(12)6-11(9)13/h2-3,6,8,15H,4-5,7,14H2,1H3. The van der Waals surface area contributed by atoms with Gasteiger partial charge in [-0.15, -0.1) is 0 Å². The molecule has 0 radical (unpaired) electrons. The molecular weight excluding hydrogens is 231 g/mol. The third kappa shape index (κ3) is 4.39. The molecule has 0 aliphatic rings. The van der Waals surface area contributed by atoms with Crippen molar-refractivity contribution in [2.45, 2.75) is 19.4 Å². The monoisotopic (exact) mass is 246 g/mol. The van der Waals surface area contributed by atoms with E-state index in [9.17, 15) is 0 Å². The third-order valence-electron chi connectivity index (χ3n) is 2.26. The predicted octanol–water partition coefficient (Wildman–Crippen LogP) is 2.47. The molecule has 1 unspecified atom stereocenters. The van der Waals surface area contributed by atoms with Crippen LogP contribution in [0.4, 0.5) is 0 Å². The molecule has 1 atom stereocenters. The van der Waals surface area contributed by atoms with Crippen LogP contribution in [-0.4, -0.2) is 19.1 Å². The molecule has 0 aliphatic carbocycles. The highest BCUT2D eigenvalue weighted by molar-refractivity contribution is 6.35. The van der Waals surface area contributed by atoms with E-state index in [1.165, 1.54) is 0 Å². The number of benzene rings is 1. The zero-order valence-electron chi connectivity index (χ0n) is 8.76. The predicted molar refractivity (Wildman–Crippen MR) is 66.7 cm³/mol. The fraction of sp³-hybridized carbons (Fsp3) is 0.455. The van der Waals surface area contributed by atoms with Gasteiger partial charge in [0.1, 0.15) is 0 Å². The van der Waals surface area contributed by atoms with Crippen molar-refractivity contribution >= 4 is 23.2 Å². The smallest absolute Gasteiger partial charge is 0.0453 e. The van der Waals surface area contributed by atoms with Crippen molar-refractivity contribution in [3.8, 4) is 0 Å². The lowest BCUT2D eigenvalue weighted by Crippen LogP contribution is -2.34. The molecule has 1 rings (SSSR count). The fourth-order valence-electron chi connectivity index (χ4n) is 1.26. The maximum absolute atomic E-state index is 6.04. The van der Waals surface area contributed by atoms with Crippen LogP contribution in [0.1, 0.15) is 12.5 Å². The first-order chi connectivity index (χ1) is 7.13. The summed E-state index contributed by atoms with van der Waals surface area (Å²) in [6.45, 7) is 3.58. The molecule has 0 heterocycles. The molecule has 4 heteroatoms. The van der Waals surface area contributed by atoms with E-state index in [0.29, 0.717) is 17.6 Å².